The van der Waals surface area contributed by atoms with E-state index in [2.05, 4.69) is 51.2 Å². The Hall–Kier alpha value is -2.53. The van der Waals surface area contributed by atoms with E-state index in [1.807, 2.05) is 12.1 Å². The van der Waals surface area contributed by atoms with Gasteiger partial charge in [0, 0.05) is 24.5 Å². The fourth-order valence-electron chi connectivity index (χ4n) is 3.49. The molecule has 0 bridgehead atoms. The number of piperidine rings is 1. The first-order valence-electron chi connectivity index (χ1n) is 8.83. The van der Waals surface area contributed by atoms with E-state index in [0.29, 0.717) is 5.82 Å². The van der Waals surface area contributed by atoms with Crippen LogP contribution in [0.4, 0.5) is 0 Å². The molecule has 128 valence electrons. The maximum atomic E-state index is 5.63. The first-order chi connectivity index (χ1) is 12.3. The SMILES string of the molecule is Cc1cccc(CN2CCCC[C@H]2c2nc(-c3ccncc3)no2)c1. The maximum Gasteiger partial charge on any atom is 0.244 e. The van der Waals surface area contributed by atoms with Crippen molar-refractivity contribution in [3.8, 4) is 11.4 Å². The second-order valence-electron chi connectivity index (χ2n) is 6.66. The lowest BCUT2D eigenvalue weighted by Crippen LogP contribution is -2.33. The Bertz CT molecular complexity index is 830. The average molecular weight is 334 g/mol. The highest BCUT2D eigenvalue weighted by Gasteiger charge is 2.29. The first kappa shape index (κ1) is 16.0. The van der Waals surface area contributed by atoms with Gasteiger partial charge in [-0.3, -0.25) is 9.88 Å². The second-order valence-corrected chi connectivity index (χ2v) is 6.66. The standard InChI is InChI=1S/C20H22N4O/c1-15-5-4-6-16(13-15)14-24-12-3-2-7-18(24)20-22-19(23-25-20)17-8-10-21-11-9-17/h4-6,8-11,13,18H,2-3,7,12,14H2,1H3/t18-/m0/s1. The molecule has 1 saturated heterocycles. The third-order valence-electron chi connectivity index (χ3n) is 4.75. The molecule has 0 spiro atoms. The number of nitrogens with zero attached hydrogens (tertiary/aromatic N) is 4. The molecule has 0 N–H and O–H groups in total. The zero-order chi connectivity index (χ0) is 17.1. The Morgan fingerprint density at radius 1 is 1.16 bits per heavy atom. The van der Waals surface area contributed by atoms with E-state index in [9.17, 15) is 0 Å². The molecule has 3 aromatic rings. The highest BCUT2D eigenvalue weighted by Crippen LogP contribution is 2.32. The molecule has 3 heterocycles. The van der Waals surface area contributed by atoms with Crippen molar-refractivity contribution in [1.29, 1.82) is 0 Å². The molecular weight excluding hydrogens is 312 g/mol. The quantitative estimate of drug-likeness (QED) is 0.717. The summed E-state index contributed by atoms with van der Waals surface area (Å²) >= 11 is 0. The molecule has 0 amide bonds. The van der Waals surface area contributed by atoms with Gasteiger partial charge in [0.1, 0.15) is 0 Å². The van der Waals surface area contributed by atoms with Crippen molar-refractivity contribution >= 4 is 0 Å². The van der Waals surface area contributed by atoms with Crippen molar-refractivity contribution in [1.82, 2.24) is 20.0 Å². The van der Waals surface area contributed by atoms with Crippen LogP contribution < -0.4 is 0 Å². The summed E-state index contributed by atoms with van der Waals surface area (Å²) in [6, 6.07) is 12.7. The Morgan fingerprint density at radius 3 is 2.88 bits per heavy atom. The van der Waals surface area contributed by atoms with Gasteiger partial charge in [-0.1, -0.05) is 41.4 Å². The molecule has 5 heteroatoms. The first-order valence-corrected chi connectivity index (χ1v) is 8.83. The molecule has 0 saturated carbocycles. The molecule has 0 radical (unpaired) electrons. The Morgan fingerprint density at radius 2 is 2.04 bits per heavy atom. The number of aromatic nitrogens is 3. The van der Waals surface area contributed by atoms with Gasteiger partial charge in [0.15, 0.2) is 0 Å². The number of pyridine rings is 1. The number of hydrogen-bond acceptors (Lipinski definition) is 5. The number of likely N-dealkylation sites (tertiary alicyclic amines) is 1. The van der Waals surface area contributed by atoms with Crippen LogP contribution in [-0.4, -0.2) is 26.6 Å². The van der Waals surface area contributed by atoms with Crippen molar-refractivity contribution in [2.75, 3.05) is 6.54 Å². The van der Waals surface area contributed by atoms with E-state index in [1.165, 1.54) is 24.0 Å². The van der Waals surface area contributed by atoms with Crippen LogP contribution in [0.25, 0.3) is 11.4 Å². The van der Waals surface area contributed by atoms with E-state index in [0.717, 1.165) is 31.0 Å². The summed E-state index contributed by atoms with van der Waals surface area (Å²) in [4.78, 5) is 11.2. The van der Waals surface area contributed by atoms with Gasteiger partial charge >= 0.3 is 0 Å². The zero-order valence-electron chi connectivity index (χ0n) is 14.4. The summed E-state index contributed by atoms with van der Waals surface area (Å²) in [5.74, 6) is 1.36. The molecule has 25 heavy (non-hydrogen) atoms. The molecule has 4 rings (SSSR count). The van der Waals surface area contributed by atoms with Crippen molar-refractivity contribution in [2.24, 2.45) is 0 Å². The number of hydrogen-bond donors (Lipinski definition) is 0. The van der Waals surface area contributed by atoms with Crippen LogP contribution in [0.2, 0.25) is 0 Å². The molecule has 1 aliphatic heterocycles. The van der Waals surface area contributed by atoms with Crippen molar-refractivity contribution < 1.29 is 4.52 Å². The molecule has 1 aliphatic rings. The molecule has 0 aliphatic carbocycles. The summed E-state index contributed by atoms with van der Waals surface area (Å²) in [6.45, 7) is 4.11. The van der Waals surface area contributed by atoms with Crippen LogP contribution in [-0.2, 0) is 6.54 Å². The molecule has 5 nitrogen and oxygen atoms in total. The molecule has 0 unspecified atom stereocenters. The van der Waals surface area contributed by atoms with Crippen LogP contribution in [0.15, 0.2) is 53.3 Å². The van der Waals surface area contributed by atoms with Crippen molar-refractivity contribution in [3.05, 3.63) is 65.8 Å². The van der Waals surface area contributed by atoms with E-state index in [4.69, 9.17) is 4.52 Å². The van der Waals surface area contributed by atoms with Gasteiger partial charge in [-0.05, 0) is 44.0 Å². The van der Waals surface area contributed by atoms with E-state index in [1.54, 1.807) is 12.4 Å². The predicted molar refractivity (Wildman–Crippen MR) is 95.7 cm³/mol. The van der Waals surface area contributed by atoms with Gasteiger partial charge in [-0.15, -0.1) is 0 Å². The maximum absolute atomic E-state index is 5.63. The lowest BCUT2D eigenvalue weighted by atomic mass is 10.0. The van der Waals surface area contributed by atoms with Gasteiger partial charge in [-0.2, -0.15) is 4.98 Å². The Labute approximate surface area is 147 Å². The summed E-state index contributed by atoms with van der Waals surface area (Å²) in [6.07, 6.45) is 6.96. The number of benzene rings is 1. The normalized spacial score (nSPS) is 18.4. The third-order valence-corrected chi connectivity index (χ3v) is 4.75. The smallest absolute Gasteiger partial charge is 0.244 e. The van der Waals surface area contributed by atoms with E-state index >= 15 is 0 Å². The van der Waals surface area contributed by atoms with Crippen LogP contribution in [0.3, 0.4) is 0 Å². The van der Waals surface area contributed by atoms with Crippen LogP contribution in [0, 0.1) is 6.92 Å². The predicted octanol–water partition coefficient (Wildman–Crippen LogP) is 4.17. The monoisotopic (exact) mass is 334 g/mol. The highest BCUT2D eigenvalue weighted by molar-refractivity contribution is 5.52. The average Bonchev–Trinajstić information content (AvgIpc) is 3.13. The Kier molecular flexibility index (Phi) is 4.57. The molecule has 1 aromatic carbocycles. The van der Waals surface area contributed by atoms with E-state index < -0.39 is 0 Å². The lowest BCUT2D eigenvalue weighted by Gasteiger charge is -2.33. The summed E-state index contributed by atoms with van der Waals surface area (Å²) in [5.41, 5.74) is 3.57. The fourth-order valence-corrected chi connectivity index (χ4v) is 3.49. The lowest BCUT2D eigenvalue weighted by molar-refractivity contribution is 0.111. The van der Waals surface area contributed by atoms with Gasteiger partial charge < -0.3 is 4.52 Å². The van der Waals surface area contributed by atoms with Gasteiger partial charge in [0.25, 0.3) is 0 Å². The van der Waals surface area contributed by atoms with Gasteiger partial charge in [-0.25, -0.2) is 0 Å². The van der Waals surface area contributed by atoms with E-state index in [-0.39, 0.29) is 6.04 Å². The van der Waals surface area contributed by atoms with Crippen molar-refractivity contribution in [3.63, 3.8) is 0 Å². The van der Waals surface area contributed by atoms with Crippen LogP contribution >= 0.6 is 0 Å². The fraction of sp³-hybridized carbons (Fsp3) is 0.350. The summed E-state index contributed by atoms with van der Waals surface area (Å²) in [5, 5.41) is 4.18. The topological polar surface area (TPSA) is 55.1 Å². The molecular formula is C20H22N4O. The molecule has 1 fully saturated rings. The zero-order valence-corrected chi connectivity index (χ0v) is 14.4. The molecule has 2 aromatic heterocycles. The number of rotatable bonds is 4. The van der Waals surface area contributed by atoms with Crippen molar-refractivity contribution in [2.45, 2.75) is 38.8 Å². The minimum Gasteiger partial charge on any atom is -0.337 e. The largest absolute Gasteiger partial charge is 0.337 e. The minimum absolute atomic E-state index is 0.192. The third kappa shape index (κ3) is 3.61. The van der Waals surface area contributed by atoms with Gasteiger partial charge in [0.2, 0.25) is 11.7 Å². The summed E-state index contributed by atoms with van der Waals surface area (Å²) in [7, 11) is 0. The van der Waals surface area contributed by atoms with Gasteiger partial charge in [0.05, 0.1) is 6.04 Å². The highest BCUT2D eigenvalue weighted by atomic mass is 16.5. The summed E-state index contributed by atoms with van der Waals surface area (Å²) < 4.78 is 5.63. The second kappa shape index (κ2) is 7.15. The Balaban J connectivity index is 1.56. The van der Waals surface area contributed by atoms with Crippen LogP contribution in [0.1, 0.15) is 42.3 Å². The van der Waals surface area contributed by atoms with Crippen LogP contribution in [0.5, 0.6) is 0 Å². The molecule has 1 atom stereocenters. The minimum atomic E-state index is 0.192. The number of aryl methyl sites for hydroxylation is 1.